The van der Waals surface area contributed by atoms with Crippen molar-refractivity contribution in [1.82, 2.24) is 4.72 Å². The molecule has 0 aromatic heterocycles. The molecule has 0 atom stereocenters. The zero-order chi connectivity index (χ0) is 12.2. The van der Waals surface area contributed by atoms with Crippen LogP contribution in [0.1, 0.15) is 6.42 Å². The molecule has 4 nitrogen and oxygen atoms in total. The number of hydrogen-bond donors (Lipinski definition) is 2. The maximum absolute atomic E-state index is 11.8. The lowest BCUT2D eigenvalue weighted by Crippen LogP contribution is -2.25. The molecule has 0 unspecified atom stereocenters. The molecule has 0 bridgehead atoms. The zero-order valence-corrected chi connectivity index (χ0v) is 12.3. The lowest BCUT2D eigenvalue weighted by molar-refractivity contribution is 0.289. The fraction of sp³-hybridized carbons (Fsp3) is 0.333. The number of hydrogen-bond acceptors (Lipinski definition) is 3. The van der Waals surface area contributed by atoms with E-state index in [0.717, 1.165) is 0 Å². The summed E-state index contributed by atoms with van der Waals surface area (Å²) in [4.78, 5) is 0.180. The van der Waals surface area contributed by atoms with E-state index >= 15 is 0 Å². The van der Waals surface area contributed by atoms with E-state index < -0.39 is 10.0 Å². The molecule has 1 rings (SSSR count). The maximum atomic E-state index is 11.8. The van der Waals surface area contributed by atoms with E-state index in [1.54, 1.807) is 12.1 Å². The number of aliphatic hydroxyl groups excluding tert-OH is 1. The highest BCUT2D eigenvalue weighted by molar-refractivity contribution is 9.11. The molecule has 0 spiro atoms. The Hall–Kier alpha value is 0.0500. The second-order valence-electron chi connectivity index (χ2n) is 3.05. The first-order valence-electron chi connectivity index (χ1n) is 4.53. The number of halogens is 2. The molecule has 0 saturated heterocycles. The Morgan fingerprint density at radius 1 is 1.31 bits per heavy atom. The maximum Gasteiger partial charge on any atom is 0.241 e. The Bertz CT molecular complexity index is 462. The summed E-state index contributed by atoms with van der Waals surface area (Å²) in [6, 6.07) is 4.92. The van der Waals surface area contributed by atoms with Crippen molar-refractivity contribution in [2.24, 2.45) is 0 Å². The van der Waals surface area contributed by atoms with Crippen LogP contribution in [0.4, 0.5) is 0 Å². The fourth-order valence-corrected chi connectivity index (χ4v) is 3.62. The summed E-state index contributed by atoms with van der Waals surface area (Å²) >= 11 is 6.40. The van der Waals surface area contributed by atoms with E-state index in [4.69, 9.17) is 5.11 Å². The summed E-state index contributed by atoms with van der Waals surface area (Å²) < 4.78 is 27.3. The largest absolute Gasteiger partial charge is 0.396 e. The first kappa shape index (κ1) is 14.1. The molecule has 0 heterocycles. The Morgan fingerprint density at radius 3 is 2.62 bits per heavy atom. The van der Waals surface area contributed by atoms with Crippen molar-refractivity contribution in [3.63, 3.8) is 0 Å². The summed E-state index contributed by atoms with van der Waals surface area (Å²) in [5, 5.41) is 8.58. The van der Waals surface area contributed by atoms with Crippen molar-refractivity contribution in [3.8, 4) is 0 Å². The van der Waals surface area contributed by atoms with Gasteiger partial charge in [0.25, 0.3) is 0 Å². The Kier molecular flexibility index (Phi) is 5.39. The number of aliphatic hydroxyl groups is 1. The second kappa shape index (κ2) is 6.11. The normalized spacial score (nSPS) is 11.7. The first-order valence-corrected chi connectivity index (χ1v) is 7.60. The summed E-state index contributed by atoms with van der Waals surface area (Å²) in [5.74, 6) is 0. The topological polar surface area (TPSA) is 66.4 Å². The smallest absolute Gasteiger partial charge is 0.241 e. The molecule has 16 heavy (non-hydrogen) atoms. The molecule has 0 aliphatic rings. The molecular weight excluding hydrogens is 362 g/mol. The molecule has 2 N–H and O–H groups in total. The summed E-state index contributed by atoms with van der Waals surface area (Å²) in [5.41, 5.74) is 0. The quantitative estimate of drug-likeness (QED) is 0.775. The van der Waals surface area contributed by atoms with E-state index in [-0.39, 0.29) is 18.0 Å². The summed E-state index contributed by atoms with van der Waals surface area (Å²) in [6.45, 7) is 0.181. The molecule has 7 heteroatoms. The lowest BCUT2D eigenvalue weighted by atomic mass is 10.4. The van der Waals surface area contributed by atoms with Crippen molar-refractivity contribution >= 4 is 41.9 Å². The van der Waals surface area contributed by atoms with Gasteiger partial charge in [-0.2, -0.15) is 0 Å². The van der Waals surface area contributed by atoms with Crippen LogP contribution in [0.25, 0.3) is 0 Å². The number of benzene rings is 1. The third-order valence-electron chi connectivity index (χ3n) is 1.81. The van der Waals surface area contributed by atoms with Crippen LogP contribution in [0.15, 0.2) is 32.0 Å². The van der Waals surface area contributed by atoms with Gasteiger partial charge in [0.2, 0.25) is 10.0 Å². The fourth-order valence-electron chi connectivity index (χ4n) is 1.05. The minimum Gasteiger partial charge on any atom is -0.396 e. The molecule has 0 aliphatic carbocycles. The number of sulfonamides is 1. The average Bonchev–Trinajstić information content (AvgIpc) is 2.22. The SMILES string of the molecule is O=S(=O)(NCCCO)c1cc(Br)ccc1Br. The van der Waals surface area contributed by atoms with Gasteiger partial charge >= 0.3 is 0 Å². The van der Waals surface area contributed by atoms with Gasteiger partial charge in [0, 0.05) is 22.1 Å². The Labute approximate surface area is 111 Å². The van der Waals surface area contributed by atoms with Crippen LogP contribution in [0.3, 0.4) is 0 Å². The molecule has 0 aliphatic heterocycles. The van der Waals surface area contributed by atoms with Crippen LogP contribution in [0, 0.1) is 0 Å². The van der Waals surface area contributed by atoms with Crippen molar-refractivity contribution in [2.45, 2.75) is 11.3 Å². The first-order chi connectivity index (χ1) is 7.47. The van der Waals surface area contributed by atoms with Gasteiger partial charge in [0.1, 0.15) is 0 Å². The average molecular weight is 373 g/mol. The van der Waals surface area contributed by atoms with E-state index in [1.807, 2.05) is 0 Å². The van der Waals surface area contributed by atoms with Crippen LogP contribution in [0.5, 0.6) is 0 Å². The predicted octanol–water partition coefficient (Wildman–Crippen LogP) is 1.87. The Balaban J connectivity index is 2.93. The van der Waals surface area contributed by atoms with Gasteiger partial charge in [0.15, 0.2) is 0 Å². The minimum atomic E-state index is -3.52. The third kappa shape index (κ3) is 3.81. The highest BCUT2D eigenvalue weighted by Gasteiger charge is 2.17. The van der Waals surface area contributed by atoms with Crippen LogP contribution >= 0.6 is 31.9 Å². The number of nitrogens with one attached hydrogen (secondary N) is 1. The minimum absolute atomic E-state index is 0.0395. The monoisotopic (exact) mass is 371 g/mol. The molecule has 0 saturated carbocycles. The standard InChI is InChI=1S/C9H11Br2NO3S/c10-7-2-3-8(11)9(6-7)16(14,15)12-4-1-5-13/h2-3,6,12-13H,1,4-5H2. The van der Waals surface area contributed by atoms with Crippen LogP contribution in [-0.4, -0.2) is 26.7 Å². The van der Waals surface area contributed by atoms with E-state index in [2.05, 4.69) is 36.6 Å². The third-order valence-corrected chi connectivity index (χ3v) is 4.76. The summed E-state index contributed by atoms with van der Waals surface area (Å²) in [6.07, 6.45) is 0.394. The zero-order valence-electron chi connectivity index (χ0n) is 8.28. The van der Waals surface area contributed by atoms with Gasteiger partial charge in [-0.1, -0.05) is 15.9 Å². The van der Waals surface area contributed by atoms with Gasteiger partial charge in [-0.15, -0.1) is 0 Å². The van der Waals surface area contributed by atoms with Crippen LogP contribution < -0.4 is 4.72 Å². The van der Waals surface area contributed by atoms with Crippen LogP contribution in [-0.2, 0) is 10.0 Å². The molecule has 1 aromatic carbocycles. The number of rotatable bonds is 5. The van der Waals surface area contributed by atoms with Crippen LogP contribution in [0.2, 0.25) is 0 Å². The van der Waals surface area contributed by atoms with E-state index in [0.29, 0.717) is 15.4 Å². The lowest BCUT2D eigenvalue weighted by Gasteiger charge is -2.08. The van der Waals surface area contributed by atoms with E-state index in [9.17, 15) is 8.42 Å². The van der Waals surface area contributed by atoms with Gasteiger partial charge in [-0.05, 0) is 40.5 Å². The molecular formula is C9H11Br2NO3S. The van der Waals surface area contributed by atoms with Crippen molar-refractivity contribution in [2.75, 3.05) is 13.2 Å². The molecule has 0 fully saturated rings. The van der Waals surface area contributed by atoms with Crippen molar-refractivity contribution in [1.29, 1.82) is 0 Å². The van der Waals surface area contributed by atoms with Gasteiger partial charge in [-0.3, -0.25) is 0 Å². The Morgan fingerprint density at radius 2 is 2.00 bits per heavy atom. The molecule has 0 amide bonds. The van der Waals surface area contributed by atoms with Crippen molar-refractivity contribution < 1.29 is 13.5 Å². The molecule has 1 aromatic rings. The highest BCUT2D eigenvalue weighted by Crippen LogP contribution is 2.25. The van der Waals surface area contributed by atoms with E-state index in [1.165, 1.54) is 6.07 Å². The molecule has 90 valence electrons. The predicted molar refractivity (Wildman–Crippen MR) is 68.7 cm³/mol. The van der Waals surface area contributed by atoms with Gasteiger partial charge in [-0.25, -0.2) is 13.1 Å². The van der Waals surface area contributed by atoms with Gasteiger partial charge in [0.05, 0.1) is 4.90 Å². The van der Waals surface area contributed by atoms with Crippen molar-refractivity contribution in [3.05, 3.63) is 27.1 Å². The van der Waals surface area contributed by atoms with Gasteiger partial charge < -0.3 is 5.11 Å². The molecule has 0 radical (unpaired) electrons. The second-order valence-corrected chi connectivity index (χ2v) is 6.56. The summed E-state index contributed by atoms with van der Waals surface area (Å²) in [7, 11) is -3.52. The highest BCUT2D eigenvalue weighted by atomic mass is 79.9.